The number of nitrogens with one attached hydrogen (secondary N) is 3. The van der Waals surface area contributed by atoms with Crippen molar-refractivity contribution in [1.82, 2.24) is 20.9 Å². The summed E-state index contributed by atoms with van der Waals surface area (Å²) in [6, 6.07) is 8.94. The number of carbonyl (C=O) groups excluding carboxylic acids is 1. The van der Waals surface area contributed by atoms with Crippen LogP contribution in [0.3, 0.4) is 0 Å². The Morgan fingerprint density at radius 3 is 2.65 bits per heavy atom. The van der Waals surface area contributed by atoms with Crippen LogP contribution in [0.1, 0.15) is 63.0 Å². The SMILES string of the molecule is CN=C(NCCC(=O)NC1CCCCC1)NCC(c1cccc(OC)c1)N1CCCC1. The third-order valence-electron chi connectivity index (χ3n) is 6.36. The molecule has 1 aromatic carbocycles. The highest BCUT2D eigenvalue weighted by molar-refractivity contribution is 5.81. The molecule has 0 bridgehead atoms. The molecule has 1 amide bonds. The molecule has 1 aliphatic carbocycles. The maximum absolute atomic E-state index is 12.2. The number of ether oxygens (including phenoxy) is 1. The number of nitrogens with zero attached hydrogens (tertiary/aromatic N) is 2. The first-order chi connectivity index (χ1) is 15.2. The number of carbonyl (C=O) groups is 1. The van der Waals surface area contributed by atoms with Crippen molar-refractivity contribution >= 4 is 11.9 Å². The van der Waals surface area contributed by atoms with Gasteiger partial charge in [-0.3, -0.25) is 14.7 Å². The Labute approximate surface area is 187 Å². The van der Waals surface area contributed by atoms with E-state index in [1.807, 2.05) is 6.07 Å². The van der Waals surface area contributed by atoms with Crippen molar-refractivity contribution in [2.45, 2.75) is 63.5 Å². The van der Waals surface area contributed by atoms with Crippen molar-refractivity contribution < 1.29 is 9.53 Å². The Morgan fingerprint density at radius 1 is 1.16 bits per heavy atom. The molecule has 2 aliphatic rings. The maximum atomic E-state index is 12.2. The van der Waals surface area contributed by atoms with E-state index < -0.39 is 0 Å². The summed E-state index contributed by atoms with van der Waals surface area (Å²) in [5, 5.41) is 9.93. The lowest BCUT2D eigenvalue weighted by atomic mass is 9.95. The summed E-state index contributed by atoms with van der Waals surface area (Å²) in [6.45, 7) is 3.54. The van der Waals surface area contributed by atoms with Crippen molar-refractivity contribution in [1.29, 1.82) is 0 Å². The lowest BCUT2D eigenvalue weighted by Gasteiger charge is -2.29. The largest absolute Gasteiger partial charge is 0.497 e. The van der Waals surface area contributed by atoms with Crippen LogP contribution < -0.4 is 20.7 Å². The minimum absolute atomic E-state index is 0.126. The molecule has 1 unspecified atom stereocenters. The van der Waals surface area contributed by atoms with Gasteiger partial charge in [-0.15, -0.1) is 0 Å². The van der Waals surface area contributed by atoms with Gasteiger partial charge in [-0.2, -0.15) is 0 Å². The van der Waals surface area contributed by atoms with E-state index in [0.29, 0.717) is 19.0 Å². The monoisotopic (exact) mass is 429 g/mol. The van der Waals surface area contributed by atoms with Crippen LogP contribution in [-0.4, -0.2) is 63.1 Å². The van der Waals surface area contributed by atoms with Crippen molar-refractivity contribution in [3.63, 3.8) is 0 Å². The summed E-state index contributed by atoms with van der Waals surface area (Å²) < 4.78 is 5.43. The van der Waals surface area contributed by atoms with Crippen LogP contribution in [0.5, 0.6) is 5.75 Å². The molecule has 0 spiro atoms. The number of rotatable bonds is 9. The summed E-state index contributed by atoms with van der Waals surface area (Å²) >= 11 is 0. The molecule has 3 N–H and O–H groups in total. The highest BCUT2D eigenvalue weighted by atomic mass is 16.5. The van der Waals surface area contributed by atoms with Crippen LogP contribution in [0.4, 0.5) is 0 Å². The first-order valence-electron chi connectivity index (χ1n) is 11.8. The molecule has 172 valence electrons. The zero-order chi connectivity index (χ0) is 21.9. The highest BCUT2D eigenvalue weighted by Gasteiger charge is 2.24. The fraction of sp³-hybridized carbons (Fsp3) is 0.667. The van der Waals surface area contributed by atoms with Crippen LogP contribution in [0.25, 0.3) is 0 Å². The zero-order valence-corrected chi connectivity index (χ0v) is 19.2. The number of hydrogen-bond donors (Lipinski definition) is 3. The van der Waals surface area contributed by atoms with E-state index in [1.54, 1.807) is 14.2 Å². The van der Waals surface area contributed by atoms with Crippen molar-refractivity contribution in [3.05, 3.63) is 29.8 Å². The average molecular weight is 430 g/mol. The number of methoxy groups -OCH3 is 1. The summed E-state index contributed by atoms with van der Waals surface area (Å²) in [5.74, 6) is 1.74. The minimum atomic E-state index is 0.126. The third-order valence-corrected chi connectivity index (χ3v) is 6.36. The van der Waals surface area contributed by atoms with Gasteiger partial charge in [-0.1, -0.05) is 31.4 Å². The first-order valence-corrected chi connectivity index (χ1v) is 11.8. The molecule has 1 aliphatic heterocycles. The number of amides is 1. The maximum Gasteiger partial charge on any atom is 0.221 e. The van der Waals surface area contributed by atoms with E-state index in [0.717, 1.165) is 44.2 Å². The summed E-state index contributed by atoms with van der Waals surface area (Å²) in [7, 11) is 3.48. The van der Waals surface area contributed by atoms with Crippen molar-refractivity contribution in [3.8, 4) is 5.75 Å². The quantitative estimate of drug-likeness (QED) is 0.416. The topological polar surface area (TPSA) is 78.0 Å². The Balaban J connectivity index is 1.47. The van der Waals surface area contributed by atoms with Crippen LogP contribution in [0.2, 0.25) is 0 Å². The van der Waals surface area contributed by atoms with Gasteiger partial charge in [0.15, 0.2) is 5.96 Å². The number of aliphatic imine (C=N–C) groups is 1. The second kappa shape index (κ2) is 12.5. The van der Waals surface area contributed by atoms with Crippen LogP contribution in [0.15, 0.2) is 29.3 Å². The molecule has 1 saturated heterocycles. The molecule has 7 heteroatoms. The zero-order valence-electron chi connectivity index (χ0n) is 19.2. The van der Waals surface area contributed by atoms with Crippen molar-refractivity contribution in [2.75, 3.05) is 40.3 Å². The van der Waals surface area contributed by atoms with Crippen LogP contribution >= 0.6 is 0 Å². The van der Waals surface area contributed by atoms with Gasteiger partial charge in [-0.25, -0.2) is 0 Å². The summed E-state index contributed by atoms with van der Waals surface area (Å²) in [6.07, 6.45) is 8.92. The summed E-state index contributed by atoms with van der Waals surface area (Å²) in [4.78, 5) is 19.1. The smallest absolute Gasteiger partial charge is 0.221 e. The van der Waals surface area contributed by atoms with Crippen molar-refractivity contribution in [2.24, 2.45) is 4.99 Å². The van der Waals surface area contributed by atoms with E-state index in [4.69, 9.17) is 4.74 Å². The second-order valence-corrected chi connectivity index (χ2v) is 8.57. The fourth-order valence-corrected chi connectivity index (χ4v) is 4.61. The minimum Gasteiger partial charge on any atom is -0.497 e. The van der Waals surface area contributed by atoms with Gasteiger partial charge in [-0.05, 0) is 56.5 Å². The van der Waals surface area contributed by atoms with Gasteiger partial charge in [0, 0.05) is 32.6 Å². The Kier molecular flexibility index (Phi) is 9.46. The molecule has 0 radical (unpaired) electrons. The van der Waals surface area contributed by atoms with Gasteiger partial charge in [0.1, 0.15) is 5.75 Å². The fourth-order valence-electron chi connectivity index (χ4n) is 4.61. The Hall–Kier alpha value is -2.28. The van der Waals surface area contributed by atoms with Crippen LogP contribution in [-0.2, 0) is 4.79 Å². The molecule has 1 saturated carbocycles. The molecule has 1 atom stereocenters. The Morgan fingerprint density at radius 2 is 1.94 bits per heavy atom. The first kappa shape index (κ1) is 23.4. The predicted molar refractivity (Wildman–Crippen MR) is 126 cm³/mol. The van der Waals surface area contributed by atoms with E-state index in [-0.39, 0.29) is 11.9 Å². The number of likely N-dealkylation sites (tertiary alicyclic amines) is 1. The lowest BCUT2D eigenvalue weighted by molar-refractivity contribution is -0.121. The van der Waals surface area contributed by atoms with E-state index in [2.05, 4.69) is 44.0 Å². The molecular formula is C24H39N5O2. The number of guanidine groups is 1. The second-order valence-electron chi connectivity index (χ2n) is 8.57. The highest BCUT2D eigenvalue weighted by Crippen LogP contribution is 2.27. The molecule has 1 aromatic rings. The number of hydrogen-bond acceptors (Lipinski definition) is 4. The third kappa shape index (κ3) is 7.42. The average Bonchev–Trinajstić information content (AvgIpc) is 3.33. The van der Waals surface area contributed by atoms with Gasteiger partial charge < -0.3 is 20.7 Å². The molecule has 2 fully saturated rings. The standard InChI is InChI=1S/C24H39N5O2/c1-25-24(26-14-13-23(30)28-20-10-4-3-5-11-20)27-18-22(29-15-6-7-16-29)19-9-8-12-21(17-19)31-2/h8-9,12,17,20,22H,3-7,10-11,13-16,18H2,1-2H3,(H,28,30)(H2,25,26,27). The molecule has 0 aromatic heterocycles. The molecular weight excluding hydrogens is 390 g/mol. The number of benzene rings is 1. The summed E-state index contributed by atoms with van der Waals surface area (Å²) in [5.41, 5.74) is 1.25. The molecule has 31 heavy (non-hydrogen) atoms. The lowest BCUT2D eigenvalue weighted by Crippen LogP contribution is -2.44. The van der Waals surface area contributed by atoms with Gasteiger partial charge in [0.25, 0.3) is 0 Å². The van der Waals surface area contributed by atoms with E-state index in [9.17, 15) is 4.79 Å². The Bertz CT molecular complexity index is 712. The molecule has 3 rings (SSSR count). The van der Waals surface area contributed by atoms with E-state index >= 15 is 0 Å². The van der Waals surface area contributed by atoms with E-state index in [1.165, 1.54) is 37.7 Å². The van der Waals surface area contributed by atoms with Gasteiger partial charge in [0.2, 0.25) is 5.91 Å². The van der Waals surface area contributed by atoms with Gasteiger partial charge >= 0.3 is 0 Å². The van der Waals surface area contributed by atoms with Crippen LogP contribution in [0, 0.1) is 0 Å². The van der Waals surface area contributed by atoms with Gasteiger partial charge in [0.05, 0.1) is 13.2 Å². The normalized spacial score (nSPS) is 19.1. The predicted octanol–water partition coefficient (Wildman–Crippen LogP) is 2.84. The molecule has 7 nitrogen and oxygen atoms in total. The molecule has 1 heterocycles.